The number of aliphatic hydroxyl groups excluding tert-OH is 1. The Hall–Kier alpha value is -4.48. The van der Waals surface area contributed by atoms with Crippen LogP contribution < -0.4 is 14.4 Å². The monoisotopic (exact) mass is 631 g/mol. The first-order chi connectivity index (χ1) is 21.4. The van der Waals surface area contributed by atoms with Crippen molar-refractivity contribution >= 4 is 46.0 Å². The second-order valence-electron chi connectivity index (χ2n) is 9.70. The van der Waals surface area contributed by atoms with Gasteiger partial charge in [-0.3, -0.25) is 14.5 Å². The first-order valence-electron chi connectivity index (χ1n) is 14.0. The Balaban J connectivity index is 1.51. The SMILES string of the molecule is CCCOc1ccc(C2C(C(=O)C=Cc3ccccc3)=C(O)C(=O)N2c2nnc(SCc3ccc(F)cc3)s2)cc1OCC. The summed E-state index contributed by atoms with van der Waals surface area (Å²) in [6, 6.07) is 19.6. The molecule has 8 nitrogen and oxygen atoms in total. The number of carbonyl (C=O) groups excluding carboxylic acids is 2. The highest BCUT2D eigenvalue weighted by Gasteiger charge is 2.45. The van der Waals surface area contributed by atoms with Crippen molar-refractivity contribution in [2.45, 2.75) is 36.4 Å². The van der Waals surface area contributed by atoms with Crippen molar-refractivity contribution in [1.82, 2.24) is 10.2 Å². The van der Waals surface area contributed by atoms with Crippen LogP contribution >= 0.6 is 23.1 Å². The summed E-state index contributed by atoms with van der Waals surface area (Å²) in [6.45, 7) is 4.71. The van der Waals surface area contributed by atoms with Gasteiger partial charge in [-0.2, -0.15) is 0 Å². The largest absolute Gasteiger partial charge is 0.503 e. The van der Waals surface area contributed by atoms with Crippen molar-refractivity contribution in [1.29, 1.82) is 0 Å². The van der Waals surface area contributed by atoms with Gasteiger partial charge in [0, 0.05) is 5.75 Å². The average Bonchev–Trinajstić information content (AvgIpc) is 3.61. The molecule has 2 heterocycles. The number of halogens is 1. The van der Waals surface area contributed by atoms with Crippen LogP contribution in [0.5, 0.6) is 11.5 Å². The lowest BCUT2D eigenvalue weighted by atomic mass is 9.95. The third-order valence-electron chi connectivity index (χ3n) is 6.62. The normalized spacial score (nSPS) is 14.9. The first-order valence-corrected chi connectivity index (χ1v) is 15.8. The number of aromatic nitrogens is 2. The second-order valence-corrected chi connectivity index (χ2v) is 11.9. The number of carbonyl (C=O) groups is 2. The van der Waals surface area contributed by atoms with E-state index in [1.165, 1.54) is 34.9 Å². The Kier molecular flexibility index (Phi) is 10.1. The van der Waals surface area contributed by atoms with Gasteiger partial charge in [-0.1, -0.05) is 84.6 Å². The van der Waals surface area contributed by atoms with Gasteiger partial charge in [-0.05, 0) is 60.4 Å². The molecule has 44 heavy (non-hydrogen) atoms. The molecule has 1 unspecified atom stereocenters. The molecule has 1 amide bonds. The predicted molar refractivity (Wildman–Crippen MR) is 170 cm³/mol. The summed E-state index contributed by atoms with van der Waals surface area (Å²) in [7, 11) is 0. The van der Waals surface area contributed by atoms with Gasteiger partial charge in [0.15, 0.2) is 27.4 Å². The van der Waals surface area contributed by atoms with Crippen LogP contribution in [0.1, 0.15) is 43.0 Å². The van der Waals surface area contributed by atoms with Crippen molar-refractivity contribution in [3.05, 3.63) is 113 Å². The Morgan fingerprint density at radius 2 is 1.82 bits per heavy atom. The van der Waals surface area contributed by atoms with Crippen molar-refractivity contribution in [3.63, 3.8) is 0 Å². The fourth-order valence-corrected chi connectivity index (χ4v) is 6.40. The maximum Gasteiger partial charge on any atom is 0.296 e. The van der Waals surface area contributed by atoms with Crippen LogP contribution in [-0.2, 0) is 15.3 Å². The Morgan fingerprint density at radius 3 is 2.55 bits per heavy atom. The van der Waals surface area contributed by atoms with Crippen molar-refractivity contribution in [3.8, 4) is 11.5 Å². The molecule has 1 N–H and O–H groups in total. The molecule has 1 aliphatic rings. The highest BCUT2D eigenvalue weighted by Crippen LogP contribution is 2.45. The first kappa shape index (κ1) is 31.0. The Morgan fingerprint density at radius 1 is 1.05 bits per heavy atom. The number of anilines is 1. The number of ether oxygens (including phenoxy) is 2. The maximum atomic E-state index is 13.6. The number of rotatable bonds is 13. The lowest BCUT2D eigenvalue weighted by Gasteiger charge is -2.24. The summed E-state index contributed by atoms with van der Waals surface area (Å²) < 4.78 is 25.6. The summed E-state index contributed by atoms with van der Waals surface area (Å²) in [6.07, 6.45) is 3.78. The van der Waals surface area contributed by atoms with E-state index >= 15 is 0 Å². The maximum absolute atomic E-state index is 13.6. The molecule has 0 fully saturated rings. The highest BCUT2D eigenvalue weighted by atomic mass is 32.2. The predicted octanol–water partition coefficient (Wildman–Crippen LogP) is 7.34. The van der Waals surface area contributed by atoms with E-state index in [9.17, 15) is 19.1 Å². The van der Waals surface area contributed by atoms with Crippen LogP contribution in [-0.4, -0.2) is 40.2 Å². The van der Waals surface area contributed by atoms with Crippen LogP contribution in [0.3, 0.4) is 0 Å². The zero-order valence-electron chi connectivity index (χ0n) is 24.1. The van der Waals surface area contributed by atoms with Gasteiger partial charge in [0.05, 0.1) is 24.8 Å². The average molecular weight is 632 g/mol. The van der Waals surface area contributed by atoms with E-state index in [2.05, 4.69) is 10.2 Å². The smallest absolute Gasteiger partial charge is 0.296 e. The summed E-state index contributed by atoms with van der Waals surface area (Å²) in [5, 5.41) is 19.8. The van der Waals surface area contributed by atoms with Crippen LogP contribution in [0.25, 0.3) is 6.08 Å². The molecule has 1 aliphatic heterocycles. The third-order valence-corrected chi connectivity index (χ3v) is 8.75. The molecular formula is C33H30FN3O5S2. The minimum Gasteiger partial charge on any atom is -0.503 e. The number of ketones is 1. The molecule has 0 bridgehead atoms. The lowest BCUT2D eigenvalue weighted by molar-refractivity contribution is -0.117. The van der Waals surface area contributed by atoms with E-state index in [4.69, 9.17) is 9.47 Å². The number of amides is 1. The molecule has 226 valence electrons. The number of hydrogen-bond acceptors (Lipinski definition) is 9. The zero-order chi connectivity index (χ0) is 31.1. The standard InChI is InChI=1S/C33H30FN3O5S2/c1-3-18-42-26-17-13-23(19-27(26)41-4-2)29-28(25(38)16-12-21-8-6-5-7-9-21)30(39)31(40)37(29)32-35-36-33(44-32)43-20-22-10-14-24(34)15-11-22/h5-17,19,29,39H,3-4,18,20H2,1-2H3. The molecule has 0 aliphatic carbocycles. The highest BCUT2D eigenvalue weighted by molar-refractivity contribution is 8.00. The number of aliphatic hydroxyl groups is 1. The summed E-state index contributed by atoms with van der Waals surface area (Å²) in [4.78, 5) is 28.5. The van der Waals surface area contributed by atoms with E-state index in [0.717, 1.165) is 28.9 Å². The number of thioether (sulfide) groups is 1. The second kappa shape index (κ2) is 14.3. The van der Waals surface area contributed by atoms with Crippen molar-refractivity contribution in [2.24, 2.45) is 0 Å². The fraction of sp³-hybridized carbons (Fsp3) is 0.212. The molecule has 5 rings (SSSR count). The van der Waals surface area contributed by atoms with E-state index in [0.29, 0.717) is 40.4 Å². The topological polar surface area (TPSA) is 102 Å². The quantitative estimate of drug-likeness (QED) is 0.0929. The molecule has 11 heteroatoms. The summed E-state index contributed by atoms with van der Waals surface area (Å²) in [5.41, 5.74) is 2.14. The van der Waals surface area contributed by atoms with Crippen LogP contribution in [0.4, 0.5) is 9.52 Å². The van der Waals surface area contributed by atoms with E-state index in [1.54, 1.807) is 36.4 Å². The molecule has 1 aromatic heterocycles. The lowest BCUT2D eigenvalue weighted by Crippen LogP contribution is -2.31. The number of allylic oxidation sites excluding steroid dienone is 1. The number of nitrogens with zero attached hydrogens (tertiary/aromatic N) is 3. The summed E-state index contributed by atoms with van der Waals surface area (Å²) >= 11 is 2.54. The van der Waals surface area contributed by atoms with Gasteiger partial charge in [-0.25, -0.2) is 4.39 Å². The van der Waals surface area contributed by atoms with Crippen LogP contribution in [0, 0.1) is 5.82 Å². The number of benzene rings is 3. The van der Waals surface area contributed by atoms with Gasteiger partial charge in [0.2, 0.25) is 5.13 Å². The Bertz CT molecular complexity index is 1690. The molecule has 4 aromatic rings. The molecule has 0 saturated heterocycles. The molecule has 0 radical (unpaired) electrons. The van der Waals surface area contributed by atoms with E-state index < -0.39 is 23.5 Å². The van der Waals surface area contributed by atoms with Gasteiger partial charge in [0.25, 0.3) is 5.91 Å². The Labute approximate surface area is 262 Å². The molecule has 0 spiro atoms. The fourth-order valence-electron chi connectivity index (χ4n) is 4.57. The van der Waals surface area contributed by atoms with E-state index in [-0.39, 0.29) is 16.5 Å². The van der Waals surface area contributed by atoms with Gasteiger partial charge in [-0.15, -0.1) is 10.2 Å². The minimum atomic E-state index is -1.00. The van der Waals surface area contributed by atoms with Crippen LogP contribution in [0.2, 0.25) is 0 Å². The van der Waals surface area contributed by atoms with Gasteiger partial charge in [0.1, 0.15) is 5.82 Å². The molecular weight excluding hydrogens is 602 g/mol. The van der Waals surface area contributed by atoms with Crippen molar-refractivity contribution < 1.29 is 28.6 Å². The van der Waals surface area contributed by atoms with Gasteiger partial charge < -0.3 is 14.6 Å². The summed E-state index contributed by atoms with van der Waals surface area (Å²) in [5.74, 6) is -0.748. The molecule has 1 atom stereocenters. The minimum absolute atomic E-state index is 0.0810. The molecule has 3 aromatic carbocycles. The van der Waals surface area contributed by atoms with E-state index in [1.807, 2.05) is 44.2 Å². The third kappa shape index (κ3) is 7.00. The van der Waals surface area contributed by atoms with Crippen molar-refractivity contribution in [2.75, 3.05) is 18.1 Å². The zero-order valence-corrected chi connectivity index (χ0v) is 25.7. The number of hydrogen-bond donors (Lipinski definition) is 1. The molecule has 0 saturated carbocycles. The van der Waals surface area contributed by atoms with Crippen LogP contribution in [0.15, 0.2) is 94.5 Å². The van der Waals surface area contributed by atoms with Gasteiger partial charge >= 0.3 is 0 Å².